The van der Waals surface area contributed by atoms with Crippen LogP contribution in [-0.2, 0) is 12.8 Å². The maximum absolute atomic E-state index is 12.6. The van der Waals surface area contributed by atoms with Gasteiger partial charge in [0.15, 0.2) is 5.78 Å². The summed E-state index contributed by atoms with van der Waals surface area (Å²) in [7, 11) is 1.67. The number of hydrogen-bond acceptors (Lipinski definition) is 4. The van der Waals surface area contributed by atoms with Crippen LogP contribution >= 0.6 is 0 Å². The zero-order valence-corrected chi connectivity index (χ0v) is 21.6. The molecule has 1 heterocycles. The fourth-order valence-corrected chi connectivity index (χ4v) is 4.48. The molecule has 0 atom stereocenters. The molecule has 0 spiro atoms. The van der Waals surface area contributed by atoms with E-state index in [4.69, 9.17) is 14.6 Å². The number of benzene rings is 4. The Labute approximate surface area is 223 Å². The number of carbonyl (C=O) groups is 1. The van der Waals surface area contributed by atoms with Crippen LogP contribution in [0, 0.1) is 0 Å². The quantitative estimate of drug-likeness (QED) is 0.194. The highest BCUT2D eigenvalue weighted by molar-refractivity contribution is 5.99. The second-order valence-corrected chi connectivity index (χ2v) is 9.16. The summed E-state index contributed by atoms with van der Waals surface area (Å²) in [6.07, 6.45) is 3.38. The Morgan fingerprint density at radius 3 is 2.34 bits per heavy atom. The third kappa shape index (κ3) is 5.84. The molecule has 5 rings (SSSR count). The number of aromatic nitrogens is 2. The molecule has 0 radical (unpaired) electrons. The van der Waals surface area contributed by atoms with Crippen LogP contribution in [-0.4, -0.2) is 29.3 Å². The van der Waals surface area contributed by atoms with Crippen molar-refractivity contribution < 1.29 is 14.3 Å². The van der Waals surface area contributed by atoms with Gasteiger partial charge in [0.25, 0.3) is 0 Å². The van der Waals surface area contributed by atoms with Crippen LogP contribution in [0.1, 0.15) is 34.0 Å². The molecule has 0 saturated carbocycles. The summed E-state index contributed by atoms with van der Waals surface area (Å²) in [6, 6.07) is 34.2. The second-order valence-electron chi connectivity index (χ2n) is 9.16. The minimum absolute atomic E-state index is 0.0331. The summed E-state index contributed by atoms with van der Waals surface area (Å²) in [5.74, 6) is 1.55. The van der Waals surface area contributed by atoms with Crippen LogP contribution in [0.3, 0.4) is 0 Å². The summed E-state index contributed by atoms with van der Waals surface area (Å²) in [4.78, 5) is 12.6. The zero-order valence-electron chi connectivity index (χ0n) is 21.6. The number of nitrogens with zero attached hydrogens (tertiary/aromatic N) is 2. The lowest BCUT2D eigenvalue weighted by Gasteiger charge is -2.10. The summed E-state index contributed by atoms with van der Waals surface area (Å²) in [5, 5.41) is 4.89. The molecule has 0 aliphatic carbocycles. The van der Waals surface area contributed by atoms with E-state index >= 15 is 0 Å². The Bertz CT molecular complexity index is 1520. The van der Waals surface area contributed by atoms with E-state index in [1.54, 1.807) is 14.0 Å². The van der Waals surface area contributed by atoms with E-state index in [1.807, 2.05) is 83.7 Å². The van der Waals surface area contributed by atoms with Gasteiger partial charge in [-0.15, -0.1) is 0 Å². The number of hydrogen-bond donors (Lipinski definition) is 0. The van der Waals surface area contributed by atoms with Crippen molar-refractivity contribution in [3.05, 3.63) is 132 Å². The number of carbonyl (C=O) groups excluding carboxylic acids is 1. The lowest BCUT2D eigenvalue weighted by atomic mass is 10.0. The molecule has 0 fully saturated rings. The highest BCUT2D eigenvalue weighted by Crippen LogP contribution is 2.29. The molecule has 0 unspecified atom stereocenters. The molecule has 5 heteroatoms. The third-order valence-electron chi connectivity index (χ3n) is 6.50. The first-order valence-corrected chi connectivity index (χ1v) is 12.7. The fourth-order valence-electron chi connectivity index (χ4n) is 4.48. The van der Waals surface area contributed by atoms with E-state index < -0.39 is 0 Å². The highest BCUT2D eigenvalue weighted by atomic mass is 16.5. The van der Waals surface area contributed by atoms with Gasteiger partial charge in [0.2, 0.25) is 0 Å². The Morgan fingerprint density at radius 2 is 1.58 bits per heavy atom. The topological polar surface area (TPSA) is 53.4 Å². The Hall–Kier alpha value is -4.64. The van der Waals surface area contributed by atoms with Gasteiger partial charge in [0.1, 0.15) is 17.2 Å². The molecule has 1 aromatic heterocycles. The zero-order chi connectivity index (χ0) is 26.3. The van der Waals surface area contributed by atoms with E-state index in [0.29, 0.717) is 17.9 Å². The summed E-state index contributed by atoms with van der Waals surface area (Å²) in [5.41, 5.74) is 6.51. The molecule has 0 N–H and O–H groups in total. The number of Topliss-reactive ketones (excluding diaryl/α,β-unsaturated/α-hetero) is 1. The van der Waals surface area contributed by atoms with Crippen molar-refractivity contribution >= 4 is 5.78 Å². The molecule has 38 heavy (non-hydrogen) atoms. The highest BCUT2D eigenvalue weighted by Gasteiger charge is 2.18. The van der Waals surface area contributed by atoms with E-state index in [2.05, 4.69) is 30.3 Å². The van der Waals surface area contributed by atoms with E-state index in [9.17, 15) is 4.79 Å². The predicted molar refractivity (Wildman–Crippen MR) is 150 cm³/mol. The van der Waals surface area contributed by atoms with Gasteiger partial charge >= 0.3 is 0 Å². The smallest absolute Gasteiger partial charge is 0.163 e. The fraction of sp³-hybridized carbons (Fsp3) is 0.152. The first kappa shape index (κ1) is 25.0. The minimum Gasteiger partial charge on any atom is -0.497 e. The van der Waals surface area contributed by atoms with Crippen LogP contribution in [0.4, 0.5) is 0 Å². The summed E-state index contributed by atoms with van der Waals surface area (Å²) < 4.78 is 13.1. The maximum atomic E-state index is 12.6. The van der Waals surface area contributed by atoms with Crippen LogP contribution in [0.5, 0.6) is 11.5 Å². The van der Waals surface area contributed by atoms with Crippen molar-refractivity contribution in [2.45, 2.75) is 19.8 Å². The molecule has 0 aliphatic heterocycles. The molecule has 190 valence electrons. The first-order chi connectivity index (χ1) is 18.6. The molecule has 4 aromatic carbocycles. The van der Waals surface area contributed by atoms with Crippen molar-refractivity contribution in [3.63, 3.8) is 0 Å². The normalized spacial score (nSPS) is 10.8. The number of rotatable bonds is 10. The predicted octanol–water partition coefficient (Wildman–Crippen LogP) is 6.96. The van der Waals surface area contributed by atoms with Crippen molar-refractivity contribution in [2.75, 3.05) is 13.7 Å². The van der Waals surface area contributed by atoms with E-state index in [1.165, 1.54) is 5.56 Å². The Balaban J connectivity index is 1.41. The third-order valence-corrected chi connectivity index (χ3v) is 6.50. The Kier molecular flexibility index (Phi) is 7.65. The van der Waals surface area contributed by atoms with Crippen molar-refractivity contribution in [3.8, 4) is 28.4 Å². The average molecular weight is 503 g/mol. The largest absolute Gasteiger partial charge is 0.497 e. The molecular weight excluding hydrogens is 472 g/mol. The van der Waals surface area contributed by atoms with Crippen molar-refractivity contribution in [2.24, 2.45) is 0 Å². The standard InChI is InChI=1S/C33H30N2O3/c1-24(36)31-23-35(32-14-7-6-11-27(32)21-26-15-17-29(37-2)18-16-26)34-33(31)28-12-8-13-30(22-28)38-20-19-25-9-4-3-5-10-25/h3-18,22-23H,19-21H2,1-2H3. The monoisotopic (exact) mass is 502 g/mol. The number of methoxy groups -OCH3 is 1. The SMILES string of the molecule is COc1ccc(Cc2ccccc2-n2cc(C(C)=O)c(-c3cccc(OCCc4ccccc4)c3)n2)cc1. The van der Waals surface area contributed by atoms with Crippen LogP contribution in [0.15, 0.2) is 109 Å². The van der Waals surface area contributed by atoms with Gasteiger partial charge in [-0.25, -0.2) is 4.68 Å². The van der Waals surface area contributed by atoms with Gasteiger partial charge in [-0.2, -0.15) is 5.10 Å². The van der Waals surface area contributed by atoms with E-state index in [0.717, 1.165) is 46.7 Å². The maximum Gasteiger partial charge on any atom is 0.163 e. The summed E-state index contributed by atoms with van der Waals surface area (Å²) >= 11 is 0. The van der Waals surface area contributed by atoms with Gasteiger partial charge < -0.3 is 9.47 Å². The van der Waals surface area contributed by atoms with Crippen molar-refractivity contribution in [1.82, 2.24) is 9.78 Å². The van der Waals surface area contributed by atoms with Gasteiger partial charge in [-0.05, 0) is 60.4 Å². The van der Waals surface area contributed by atoms with Crippen molar-refractivity contribution in [1.29, 1.82) is 0 Å². The number of para-hydroxylation sites is 1. The number of ether oxygens (including phenoxy) is 2. The lowest BCUT2D eigenvalue weighted by Crippen LogP contribution is -2.02. The molecule has 5 nitrogen and oxygen atoms in total. The molecule has 5 aromatic rings. The van der Waals surface area contributed by atoms with Crippen LogP contribution in [0.25, 0.3) is 16.9 Å². The molecule has 0 bridgehead atoms. The van der Waals surface area contributed by atoms with Gasteiger partial charge in [0, 0.05) is 18.2 Å². The minimum atomic E-state index is -0.0331. The number of ketones is 1. The van der Waals surface area contributed by atoms with Gasteiger partial charge in [-0.3, -0.25) is 4.79 Å². The molecular formula is C33H30N2O3. The Morgan fingerprint density at radius 1 is 0.816 bits per heavy atom. The van der Waals surface area contributed by atoms with E-state index in [-0.39, 0.29) is 5.78 Å². The van der Waals surface area contributed by atoms with Gasteiger partial charge in [0.05, 0.1) is 25.0 Å². The lowest BCUT2D eigenvalue weighted by molar-refractivity contribution is 0.101. The molecule has 0 amide bonds. The molecule has 0 aliphatic rings. The average Bonchev–Trinajstić information content (AvgIpc) is 3.41. The van der Waals surface area contributed by atoms with Gasteiger partial charge in [-0.1, -0.05) is 72.8 Å². The first-order valence-electron chi connectivity index (χ1n) is 12.7. The summed E-state index contributed by atoms with van der Waals surface area (Å²) in [6.45, 7) is 2.15. The van der Waals surface area contributed by atoms with Crippen LogP contribution in [0.2, 0.25) is 0 Å². The second kappa shape index (κ2) is 11.6. The molecule has 0 saturated heterocycles. The van der Waals surface area contributed by atoms with Crippen LogP contribution < -0.4 is 9.47 Å².